The van der Waals surface area contributed by atoms with Crippen LogP contribution >= 0.6 is 0 Å². The van der Waals surface area contributed by atoms with E-state index < -0.39 is 0 Å². The van der Waals surface area contributed by atoms with E-state index in [1.54, 1.807) is 0 Å². The average Bonchev–Trinajstić information content (AvgIpc) is 2.34. The quantitative estimate of drug-likeness (QED) is 0.464. The van der Waals surface area contributed by atoms with Gasteiger partial charge in [0.2, 0.25) is 0 Å². The number of rotatable bonds is 2. The highest BCUT2D eigenvalue weighted by atomic mass is 16.3. The van der Waals surface area contributed by atoms with Crippen LogP contribution in [0.3, 0.4) is 0 Å². The van der Waals surface area contributed by atoms with Gasteiger partial charge in [-0.3, -0.25) is 5.10 Å². The number of nitrogens with zero attached hydrogens (tertiary/aromatic N) is 2. The van der Waals surface area contributed by atoms with Crippen LogP contribution in [-0.4, -0.2) is 20.3 Å². The molecule has 1 rings (SSSR count). The molecule has 0 unspecified atom stereocenters. The van der Waals surface area contributed by atoms with Gasteiger partial charge in [-0.25, -0.2) is 4.98 Å². The van der Waals surface area contributed by atoms with E-state index in [0.29, 0.717) is 18.2 Å². The Hall–Kier alpha value is -0.940. The molecule has 1 heterocycles. The summed E-state index contributed by atoms with van der Waals surface area (Å²) in [6, 6.07) is 0. The van der Waals surface area contributed by atoms with E-state index >= 15 is 0 Å². The number of H-pyrrole nitrogens is 1. The summed E-state index contributed by atoms with van der Waals surface area (Å²) < 4.78 is 0. The molecule has 5 heteroatoms. The lowest BCUT2D eigenvalue weighted by Crippen LogP contribution is -1.98. The topological polar surface area (TPSA) is 87.8 Å². The summed E-state index contributed by atoms with van der Waals surface area (Å²) in [6.45, 7) is 0.184. The molecule has 9 heavy (non-hydrogen) atoms. The molecule has 0 bridgehead atoms. The van der Waals surface area contributed by atoms with Gasteiger partial charge < -0.3 is 10.8 Å². The monoisotopic (exact) mass is 128 g/mol. The Morgan fingerprint density at radius 1 is 1.67 bits per heavy atom. The minimum Gasteiger partial charge on any atom is -0.388 e. The summed E-state index contributed by atoms with van der Waals surface area (Å²) in [5.74, 6) is 0.981. The van der Waals surface area contributed by atoms with E-state index in [-0.39, 0.29) is 6.61 Å². The van der Waals surface area contributed by atoms with Gasteiger partial charge in [0.05, 0.1) is 6.54 Å². The number of hydrogen-bond donors (Lipinski definition) is 3. The molecule has 0 fully saturated rings. The number of nitrogens with two attached hydrogens (primary N) is 1. The lowest BCUT2D eigenvalue weighted by molar-refractivity contribution is 0.271. The standard InChI is InChI=1S/C4H8N4O/c5-1-3-6-4(2-9)8-7-3/h9H,1-2,5H2,(H,6,7,8). The van der Waals surface area contributed by atoms with Crippen molar-refractivity contribution in [3.05, 3.63) is 11.6 Å². The van der Waals surface area contributed by atoms with Crippen molar-refractivity contribution in [2.24, 2.45) is 5.73 Å². The molecule has 0 aliphatic heterocycles. The second-order valence-corrected chi connectivity index (χ2v) is 1.56. The molecule has 0 amide bonds. The van der Waals surface area contributed by atoms with E-state index in [2.05, 4.69) is 15.2 Å². The first kappa shape index (κ1) is 6.18. The number of aromatic amines is 1. The maximum Gasteiger partial charge on any atom is 0.164 e. The third-order valence-corrected chi connectivity index (χ3v) is 0.910. The fourth-order valence-corrected chi connectivity index (χ4v) is 0.497. The van der Waals surface area contributed by atoms with Gasteiger partial charge in [-0.15, -0.1) is 0 Å². The first-order chi connectivity index (χ1) is 4.36. The van der Waals surface area contributed by atoms with Gasteiger partial charge in [0, 0.05) is 0 Å². The number of aliphatic hydroxyl groups excluding tert-OH is 1. The molecule has 0 saturated carbocycles. The van der Waals surface area contributed by atoms with Crippen LogP contribution in [0, 0.1) is 0 Å². The van der Waals surface area contributed by atoms with E-state index in [4.69, 9.17) is 10.8 Å². The SMILES string of the molecule is NCc1n[nH]c(CO)n1. The molecular weight excluding hydrogens is 120 g/mol. The molecule has 0 aliphatic rings. The van der Waals surface area contributed by atoms with E-state index in [0.717, 1.165) is 0 Å². The van der Waals surface area contributed by atoms with Crippen molar-refractivity contribution >= 4 is 0 Å². The predicted molar refractivity (Wildman–Crippen MR) is 30.2 cm³/mol. The highest BCUT2D eigenvalue weighted by Crippen LogP contribution is 1.88. The van der Waals surface area contributed by atoms with Crippen LogP contribution in [0.4, 0.5) is 0 Å². The lowest BCUT2D eigenvalue weighted by Gasteiger charge is -1.80. The van der Waals surface area contributed by atoms with E-state index in [1.807, 2.05) is 0 Å². The largest absolute Gasteiger partial charge is 0.388 e. The molecule has 0 spiro atoms. The molecule has 0 atom stereocenters. The van der Waals surface area contributed by atoms with Crippen molar-refractivity contribution < 1.29 is 5.11 Å². The summed E-state index contributed by atoms with van der Waals surface area (Å²) in [5, 5.41) is 14.7. The molecule has 1 aromatic rings. The maximum atomic E-state index is 8.47. The number of hydrogen-bond acceptors (Lipinski definition) is 4. The van der Waals surface area contributed by atoms with Gasteiger partial charge in [0.15, 0.2) is 5.82 Å². The summed E-state index contributed by atoms with van der Waals surface area (Å²) in [5.41, 5.74) is 5.19. The van der Waals surface area contributed by atoms with Crippen LogP contribution in [0.25, 0.3) is 0 Å². The van der Waals surface area contributed by atoms with Crippen LogP contribution in [-0.2, 0) is 13.2 Å². The van der Waals surface area contributed by atoms with Crippen LogP contribution in [0.15, 0.2) is 0 Å². The van der Waals surface area contributed by atoms with E-state index in [9.17, 15) is 0 Å². The average molecular weight is 128 g/mol. The first-order valence-electron chi connectivity index (χ1n) is 2.58. The van der Waals surface area contributed by atoms with Crippen LogP contribution in [0.2, 0.25) is 0 Å². The Morgan fingerprint density at radius 3 is 2.78 bits per heavy atom. The normalized spacial score (nSPS) is 10.0. The summed E-state index contributed by atoms with van der Waals surface area (Å²) in [4.78, 5) is 3.81. The zero-order valence-corrected chi connectivity index (χ0v) is 4.83. The molecule has 1 aromatic heterocycles. The summed E-state index contributed by atoms with van der Waals surface area (Å²) >= 11 is 0. The maximum absolute atomic E-state index is 8.47. The molecule has 0 saturated heterocycles. The molecule has 0 aromatic carbocycles. The third-order valence-electron chi connectivity index (χ3n) is 0.910. The van der Waals surface area contributed by atoms with Gasteiger partial charge in [0.1, 0.15) is 12.4 Å². The Labute approximate surface area is 51.9 Å². The predicted octanol–water partition coefficient (Wildman–Crippen LogP) is -1.24. The first-order valence-corrected chi connectivity index (χ1v) is 2.58. The number of nitrogens with one attached hydrogen (secondary N) is 1. The molecule has 5 nitrogen and oxygen atoms in total. The van der Waals surface area contributed by atoms with E-state index in [1.165, 1.54) is 0 Å². The molecule has 0 aliphatic carbocycles. The number of aliphatic hydroxyl groups is 1. The van der Waals surface area contributed by atoms with Gasteiger partial charge in [-0.2, -0.15) is 5.10 Å². The van der Waals surface area contributed by atoms with Crippen LogP contribution in [0.5, 0.6) is 0 Å². The van der Waals surface area contributed by atoms with Crippen molar-refractivity contribution in [3.63, 3.8) is 0 Å². The van der Waals surface area contributed by atoms with Crippen molar-refractivity contribution in [2.75, 3.05) is 0 Å². The molecule has 50 valence electrons. The van der Waals surface area contributed by atoms with Crippen LogP contribution < -0.4 is 5.73 Å². The Balaban J connectivity index is 2.74. The van der Waals surface area contributed by atoms with Gasteiger partial charge >= 0.3 is 0 Å². The van der Waals surface area contributed by atoms with Crippen LogP contribution in [0.1, 0.15) is 11.6 Å². The van der Waals surface area contributed by atoms with Crippen molar-refractivity contribution in [2.45, 2.75) is 13.2 Å². The Morgan fingerprint density at radius 2 is 2.44 bits per heavy atom. The molecule has 4 N–H and O–H groups in total. The van der Waals surface area contributed by atoms with Gasteiger partial charge in [0.25, 0.3) is 0 Å². The Kier molecular flexibility index (Phi) is 1.76. The van der Waals surface area contributed by atoms with Crippen molar-refractivity contribution in [1.29, 1.82) is 0 Å². The third kappa shape index (κ3) is 1.24. The second kappa shape index (κ2) is 2.56. The molecular formula is C4H8N4O. The summed E-state index contributed by atoms with van der Waals surface area (Å²) in [6.07, 6.45) is 0. The minimum atomic E-state index is -0.118. The van der Waals surface area contributed by atoms with Gasteiger partial charge in [-0.05, 0) is 0 Å². The van der Waals surface area contributed by atoms with Crippen molar-refractivity contribution in [3.8, 4) is 0 Å². The lowest BCUT2D eigenvalue weighted by atomic mass is 10.6. The summed E-state index contributed by atoms with van der Waals surface area (Å²) in [7, 11) is 0. The smallest absolute Gasteiger partial charge is 0.164 e. The minimum absolute atomic E-state index is 0.118. The zero-order chi connectivity index (χ0) is 6.69. The Bertz CT molecular complexity index is 166. The highest BCUT2D eigenvalue weighted by Gasteiger charge is 1.96. The highest BCUT2D eigenvalue weighted by molar-refractivity contribution is 4.86. The second-order valence-electron chi connectivity index (χ2n) is 1.56. The van der Waals surface area contributed by atoms with Crippen molar-refractivity contribution in [1.82, 2.24) is 15.2 Å². The molecule has 0 radical (unpaired) electrons. The fourth-order valence-electron chi connectivity index (χ4n) is 0.497. The zero-order valence-electron chi connectivity index (χ0n) is 4.83. The van der Waals surface area contributed by atoms with Gasteiger partial charge in [-0.1, -0.05) is 0 Å². The fraction of sp³-hybridized carbons (Fsp3) is 0.500. The number of aromatic nitrogens is 3.